The zero-order chi connectivity index (χ0) is 16.9. The Labute approximate surface area is 173 Å². The van der Waals surface area contributed by atoms with Gasteiger partial charge in [0.2, 0.25) is 11.8 Å². The molecule has 1 fully saturated rings. The molecule has 2 aromatic heterocycles. The van der Waals surface area contributed by atoms with Gasteiger partial charge in [-0.15, -0.1) is 47.5 Å². The minimum absolute atomic E-state index is 0. The molecule has 1 saturated heterocycles. The van der Waals surface area contributed by atoms with Crippen molar-refractivity contribution in [3.8, 4) is 0 Å². The van der Waals surface area contributed by atoms with Gasteiger partial charge in [-0.3, -0.25) is 9.59 Å². The van der Waals surface area contributed by atoms with Gasteiger partial charge in [0, 0.05) is 35.9 Å². The first kappa shape index (κ1) is 22.9. The molecule has 0 aliphatic carbocycles. The molecular formula is C16H22Cl2N4O2S2. The second-order valence-electron chi connectivity index (χ2n) is 5.77. The van der Waals surface area contributed by atoms with Crippen LogP contribution >= 0.6 is 47.5 Å². The minimum Gasteiger partial charge on any atom is -0.337 e. The summed E-state index contributed by atoms with van der Waals surface area (Å²) < 4.78 is 0. The Balaban J connectivity index is 0.00000169. The zero-order valence-corrected chi connectivity index (χ0v) is 17.5. The number of anilines is 1. The van der Waals surface area contributed by atoms with E-state index >= 15 is 0 Å². The lowest BCUT2D eigenvalue weighted by atomic mass is 10.2. The maximum Gasteiger partial charge on any atom is 0.231 e. The predicted octanol–water partition coefficient (Wildman–Crippen LogP) is 2.59. The molecule has 0 unspecified atom stereocenters. The topological polar surface area (TPSA) is 74.3 Å². The van der Waals surface area contributed by atoms with Gasteiger partial charge in [0.25, 0.3) is 0 Å². The summed E-state index contributed by atoms with van der Waals surface area (Å²) >= 11 is 2.92. The zero-order valence-electron chi connectivity index (χ0n) is 14.3. The molecule has 10 heteroatoms. The van der Waals surface area contributed by atoms with Crippen molar-refractivity contribution in [2.75, 3.05) is 25.0 Å². The molecule has 0 aromatic carbocycles. The predicted molar refractivity (Wildman–Crippen MR) is 111 cm³/mol. The Bertz CT molecular complexity index is 709. The van der Waals surface area contributed by atoms with E-state index in [1.165, 1.54) is 11.3 Å². The van der Waals surface area contributed by atoms with Crippen LogP contribution in [0.5, 0.6) is 0 Å². The number of nitrogens with one attached hydrogen (secondary N) is 2. The van der Waals surface area contributed by atoms with E-state index in [2.05, 4.69) is 15.6 Å². The van der Waals surface area contributed by atoms with E-state index in [0.29, 0.717) is 17.2 Å². The Morgan fingerprint density at radius 2 is 2.15 bits per heavy atom. The molecule has 144 valence electrons. The first-order valence-corrected chi connectivity index (χ1v) is 9.64. The first-order valence-electron chi connectivity index (χ1n) is 7.88. The van der Waals surface area contributed by atoms with Crippen molar-refractivity contribution in [2.24, 2.45) is 0 Å². The van der Waals surface area contributed by atoms with Gasteiger partial charge >= 0.3 is 0 Å². The van der Waals surface area contributed by atoms with Crippen molar-refractivity contribution >= 4 is 64.4 Å². The highest BCUT2D eigenvalue weighted by Gasteiger charge is 2.23. The smallest absolute Gasteiger partial charge is 0.231 e. The molecule has 6 nitrogen and oxygen atoms in total. The number of hydrogen-bond acceptors (Lipinski definition) is 6. The third kappa shape index (κ3) is 6.21. The van der Waals surface area contributed by atoms with Gasteiger partial charge in [0.15, 0.2) is 5.13 Å². The highest BCUT2D eigenvalue weighted by molar-refractivity contribution is 7.14. The molecular weight excluding hydrogens is 415 g/mol. The van der Waals surface area contributed by atoms with Crippen LogP contribution in [0, 0.1) is 0 Å². The standard InChI is InChI=1S/C16H20N4O2S2.2ClH/c1-11-9-17-4-5-20(11)15(22)7-12-10-24-16(18-12)19-14(21)8-13-3-2-6-23-13;;/h2-3,6,10-11,17H,4-5,7-9H2,1H3,(H,18,19,21);2*1H/t11-;;/m0../s1. The highest BCUT2D eigenvalue weighted by atomic mass is 35.5. The van der Waals surface area contributed by atoms with Gasteiger partial charge in [0.1, 0.15) is 0 Å². The summed E-state index contributed by atoms with van der Waals surface area (Å²) in [6.07, 6.45) is 0.630. The van der Waals surface area contributed by atoms with Gasteiger partial charge in [-0.05, 0) is 18.4 Å². The number of carbonyl (C=O) groups is 2. The van der Waals surface area contributed by atoms with Crippen LogP contribution < -0.4 is 10.6 Å². The molecule has 1 atom stereocenters. The minimum atomic E-state index is -0.0830. The van der Waals surface area contributed by atoms with Crippen LogP contribution in [0.3, 0.4) is 0 Å². The maximum atomic E-state index is 12.4. The highest BCUT2D eigenvalue weighted by Crippen LogP contribution is 2.18. The molecule has 0 bridgehead atoms. The molecule has 0 radical (unpaired) electrons. The fourth-order valence-corrected chi connectivity index (χ4v) is 4.08. The van der Waals surface area contributed by atoms with Crippen LogP contribution in [-0.2, 0) is 22.4 Å². The second-order valence-corrected chi connectivity index (χ2v) is 7.66. The summed E-state index contributed by atoms with van der Waals surface area (Å²) in [5.74, 6) is 0.00571. The number of piperazine rings is 1. The summed E-state index contributed by atoms with van der Waals surface area (Å²) in [6, 6.07) is 4.07. The van der Waals surface area contributed by atoms with Crippen molar-refractivity contribution in [3.63, 3.8) is 0 Å². The monoisotopic (exact) mass is 436 g/mol. The summed E-state index contributed by atoms with van der Waals surface area (Å²) in [6.45, 7) is 4.43. The van der Waals surface area contributed by atoms with Crippen molar-refractivity contribution < 1.29 is 9.59 Å². The molecule has 2 amide bonds. The Kier molecular flexibility index (Phi) is 9.52. The Hall–Kier alpha value is -1.19. The van der Waals surface area contributed by atoms with Crippen molar-refractivity contribution in [3.05, 3.63) is 33.5 Å². The van der Waals surface area contributed by atoms with Gasteiger partial charge in [-0.25, -0.2) is 4.98 Å². The normalized spacial score (nSPS) is 16.3. The SMILES string of the molecule is C[C@H]1CNCCN1C(=O)Cc1csc(NC(=O)Cc2cccs2)n1.Cl.Cl. The first-order chi connectivity index (χ1) is 11.6. The van der Waals surface area contributed by atoms with Crippen molar-refractivity contribution in [1.29, 1.82) is 0 Å². The fourth-order valence-electron chi connectivity index (χ4n) is 2.65. The number of halogens is 2. The second kappa shape index (κ2) is 10.8. The number of thiazole rings is 1. The third-order valence-corrected chi connectivity index (χ3v) is 5.55. The summed E-state index contributed by atoms with van der Waals surface area (Å²) in [7, 11) is 0. The van der Waals surface area contributed by atoms with Crippen LogP contribution in [0.25, 0.3) is 0 Å². The van der Waals surface area contributed by atoms with E-state index in [9.17, 15) is 9.59 Å². The van der Waals surface area contributed by atoms with Gasteiger partial charge in [-0.1, -0.05) is 6.07 Å². The molecule has 2 aromatic rings. The summed E-state index contributed by atoms with van der Waals surface area (Å²) in [4.78, 5) is 31.7. The number of amides is 2. The van der Waals surface area contributed by atoms with Gasteiger partial charge in [-0.2, -0.15) is 0 Å². The quantitative estimate of drug-likeness (QED) is 0.754. The van der Waals surface area contributed by atoms with Gasteiger partial charge < -0.3 is 15.5 Å². The molecule has 3 heterocycles. The van der Waals surface area contributed by atoms with E-state index in [1.807, 2.05) is 34.7 Å². The largest absolute Gasteiger partial charge is 0.337 e. The van der Waals surface area contributed by atoms with Crippen molar-refractivity contribution in [2.45, 2.75) is 25.8 Å². The number of thiophene rings is 1. The summed E-state index contributed by atoms with van der Waals surface area (Å²) in [5.41, 5.74) is 0.710. The van der Waals surface area contributed by atoms with Crippen LogP contribution in [0.1, 0.15) is 17.5 Å². The lowest BCUT2D eigenvalue weighted by Crippen LogP contribution is -2.52. The van der Waals surface area contributed by atoms with Crippen molar-refractivity contribution in [1.82, 2.24) is 15.2 Å². The van der Waals surface area contributed by atoms with E-state index in [0.717, 1.165) is 24.5 Å². The van der Waals surface area contributed by atoms with Crippen LogP contribution in [-0.4, -0.2) is 47.4 Å². The maximum absolute atomic E-state index is 12.4. The van der Waals surface area contributed by atoms with Crippen LogP contribution in [0.15, 0.2) is 22.9 Å². The molecule has 26 heavy (non-hydrogen) atoms. The van der Waals surface area contributed by atoms with E-state index in [-0.39, 0.29) is 49.1 Å². The molecule has 2 N–H and O–H groups in total. The Morgan fingerprint density at radius 1 is 1.35 bits per heavy atom. The third-order valence-electron chi connectivity index (χ3n) is 3.87. The molecule has 0 spiro atoms. The summed E-state index contributed by atoms with van der Waals surface area (Å²) in [5, 5.41) is 10.4. The molecule has 3 rings (SSSR count). The molecule has 0 saturated carbocycles. The lowest BCUT2D eigenvalue weighted by molar-refractivity contribution is -0.133. The number of carbonyl (C=O) groups excluding carboxylic acids is 2. The van der Waals surface area contributed by atoms with Gasteiger partial charge in [0.05, 0.1) is 18.5 Å². The average molecular weight is 437 g/mol. The number of rotatable bonds is 5. The van der Waals surface area contributed by atoms with E-state index < -0.39 is 0 Å². The number of aromatic nitrogens is 1. The van der Waals surface area contributed by atoms with Crippen LogP contribution in [0.4, 0.5) is 5.13 Å². The van der Waals surface area contributed by atoms with Crippen LogP contribution in [0.2, 0.25) is 0 Å². The average Bonchev–Trinajstić information content (AvgIpc) is 3.20. The van der Waals surface area contributed by atoms with E-state index in [4.69, 9.17) is 0 Å². The fraction of sp³-hybridized carbons (Fsp3) is 0.438. The Morgan fingerprint density at radius 3 is 2.85 bits per heavy atom. The number of nitrogens with zero attached hydrogens (tertiary/aromatic N) is 2. The lowest BCUT2D eigenvalue weighted by Gasteiger charge is -2.33. The number of hydrogen-bond donors (Lipinski definition) is 2. The van der Waals surface area contributed by atoms with E-state index in [1.54, 1.807) is 11.3 Å². The molecule has 1 aliphatic heterocycles. The molecule has 1 aliphatic rings.